The first-order chi connectivity index (χ1) is 9.03. The number of halogens is 2. The van der Waals surface area contributed by atoms with Gasteiger partial charge < -0.3 is 20.1 Å². The van der Waals surface area contributed by atoms with Crippen LogP contribution in [0, 0.1) is 0 Å². The molecule has 5 nitrogen and oxygen atoms in total. The van der Waals surface area contributed by atoms with Crippen molar-refractivity contribution in [3.05, 3.63) is 18.2 Å². The van der Waals surface area contributed by atoms with Gasteiger partial charge in [0.15, 0.2) is 11.5 Å². The summed E-state index contributed by atoms with van der Waals surface area (Å²) in [7, 11) is 0. The maximum absolute atomic E-state index is 12.8. The number of carbonyl (C=O) groups is 1. The quantitative estimate of drug-likeness (QED) is 0.858. The molecule has 0 aliphatic carbocycles. The first-order valence-corrected chi connectivity index (χ1v) is 5.98. The van der Waals surface area contributed by atoms with Gasteiger partial charge in [-0.15, -0.1) is 8.78 Å². The van der Waals surface area contributed by atoms with Gasteiger partial charge in [0.05, 0.1) is 6.04 Å². The van der Waals surface area contributed by atoms with Crippen LogP contribution in [0.25, 0.3) is 0 Å². The molecule has 102 valence electrons. The summed E-state index contributed by atoms with van der Waals surface area (Å²) in [6.07, 6.45) is -1.92. The molecule has 0 spiro atoms. The second-order valence-electron chi connectivity index (χ2n) is 4.47. The molecule has 2 aliphatic rings. The number of amides is 1. The van der Waals surface area contributed by atoms with Crippen LogP contribution in [0.2, 0.25) is 0 Å². The van der Waals surface area contributed by atoms with Crippen LogP contribution in [0.5, 0.6) is 11.5 Å². The second kappa shape index (κ2) is 4.34. The number of rotatable bonds is 2. The number of nitrogens with one attached hydrogen (secondary N) is 2. The Labute approximate surface area is 107 Å². The molecule has 1 saturated heterocycles. The van der Waals surface area contributed by atoms with E-state index >= 15 is 0 Å². The molecule has 2 heterocycles. The van der Waals surface area contributed by atoms with Crippen molar-refractivity contribution >= 4 is 11.6 Å². The van der Waals surface area contributed by atoms with Crippen LogP contribution in [-0.4, -0.2) is 24.8 Å². The molecule has 1 aromatic carbocycles. The summed E-state index contributed by atoms with van der Waals surface area (Å²) in [5, 5.41) is 5.71. The van der Waals surface area contributed by atoms with Crippen LogP contribution in [0.3, 0.4) is 0 Å². The average molecular weight is 270 g/mol. The Kier molecular flexibility index (Phi) is 2.78. The second-order valence-corrected chi connectivity index (χ2v) is 4.47. The van der Waals surface area contributed by atoms with E-state index in [1.54, 1.807) is 0 Å². The molecule has 0 radical (unpaired) electrons. The molecule has 1 fully saturated rings. The van der Waals surface area contributed by atoms with E-state index in [-0.39, 0.29) is 23.4 Å². The van der Waals surface area contributed by atoms with Gasteiger partial charge in [-0.1, -0.05) is 0 Å². The SMILES string of the molecule is O=C(Nc1ccc2c(c1)OC(F)(F)O2)C1CCCN1. The van der Waals surface area contributed by atoms with Crippen LogP contribution in [0.1, 0.15) is 12.8 Å². The molecule has 1 atom stereocenters. The molecular formula is C12H12F2N2O3. The van der Waals surface area contributed by atoms with Gasteiger partial charge in [-0.25, -0.2) is 0 Å². The van der Waals surface area contributed by atoms with Gasteiger partial charge in [0.2, 0.25) is 5.91 Å². The zero-order valence-corrected chi connectivity index (χ0v) is 9.91. The third kappa shape index (κ3) is 2.46. The fourth-order valence-electron chi connectivity index (χ4n) is 2.16. The van der Waals surface area contributed by atoms with Crippen molar-refractivity contribution in [3.8, 4) is 11.5 Å². The molecule has 0 aromatic heterocycles. The molecule has 0 saturated carbocycles. The number of hydrogen-bond donors (Lipinski definition) is 2. The van der Waals surface area contributed by atoms with Crippen molar-refractivity contribution in [3.63, 3.8) is 0 Å². The van der Waals surface area contributed by atoms with Crippen LogP contribution < -0.4 is 20.1 Å². The normalized spacial score (nSPS) is 23.4. The molecule has 19 heavy (non-hydrogen) atoms. The largest absolute Gasteiger partial charge is 0.586 e. The van der Waals surface area contributed by atoms with Crippen molar-refractivity contribution in [1.82, 2.24) is 5.32 Å². The lowest BCUT2D eigenvalue weighted by Gasteiger charge is -2.11. The summed E-state index contributed by atoms with van der Waals surface area (Å²) in [5.41, 5.74) is 0.402. The van der Waals surface area contributed by atoms with Gasteiger partial charge in [0.1, 0.15) is 0 Å². The third-order valence-electron chi connectivity index (χ3n) is 3.05. The van der Waals surface area contributed by atoms with Crippen molar-refractivity contribution < 1.29 is 23.0 Å². The van der Waals surface area contributed by atoms with Gasteiger partial charge in [-0.2, -0.15) is 0 Å². The van der Waals surface area contributed by atoms with Crippen LogP contribution in [0.15, 0.2) is 18.2 Å². The maximum atomic E-state index is 12.8. The lowest BCUT2D eigenvalue weighted by Crippen LogP contribution is -2.35. The standard InChI is InChI=1S/C12H12F2N2O3/c13-12(14)18-9-4-3-7(6-10(9)19-12)16-11(17)8-2-1-5-15-8/h3-4,6,8,15H,1-2,5H2,(H,16,17). The Morgan fingerprint density at radius 1 is 1.37 bits per heavy atom. The Morgan fingerprint density at radius 2 is 2.16 bits per heavy atom. The van der Waals surface area contributed by atoms with Crippen molar-refractivity contribution in [1.29, 1.82) is 0 Å². The summed E-state index contributed by atoms with van der Waals surface area (Å²) in [6, 6.07) is 3.93. The number of ether oxygens (including phenoxy) is 2. The fraction of sp³-hybridized carbons (Fsp3) is 0.417. The number of alkyl halides is 2. The molecule has 1 aromatic rings. The lowest BCUT2D eigenvalue weighted by atomic mass is 10.2. The van der Waals surface area contributed by atoms with E-state index in [0.29, 0.717) is 5.69 Å². The van der Waals surface area contributed by atoms with Crippen molar-refractivity contribution in [2.75, 3.05) is 11.9 Å². The molecule has 2 N–H and O–H groups in total. The molecule has 1 unspecified atom stereocenters. The van der Waals surface area contributed by atoms with Crippen LogP contribution in [0.4, 0.5) is 14.5 Å². The minimum atomic E-state index is -3.64. The first-order valence-electron chi connectivity index (χ1n) is 5.98. The fourth-order valence-corrected chi connectivity index (χ4v) is 2.16. The summed E-state index contributed by atoms with van der Waals surface area (Å²) in [4.78, 5) is 11.8. The highest BCUT2D eigenvalue weighted by atomic mass is 19.3. The Bertz CT molecular complexity index is 516. The number of carbonyl (C=O) groups excluding carboxylic acids is 1. The molecule has 2 aliphatic heterocycles. The molecule has 3 rings (SSSR count). The van der Waals surface area contributed by atoms with E-state index in [9.17, 15) is 13.6 Å². The number of benzene rings is 1. The highest BCUT2D eigenvalue weighted by molar-refractivity contribution is 5.95. The first kappa shape index (κ1) is 12.2. The van der Waals surface area contributed by atoms with Gasteiger partial charge in [-0.05, 0) is 31.5 Å². The van der Waals surface area contributed by atoms with E-state index in [0.717, 1.165) is 19.4 Å². The Hall–Kier alpha value is -1.89. The Morgan fingerprint density at radius 3 is 2.89 bits per heavy atom. The lowest BCUT2D eigenvalue weighted by molar-refractivity contribution is -0.286. The van der Waals surface area contributed by atoms with Crippen molar-refractivity contribution in [2.45, 2.75) is 25.2 Å². The number of anilines is 1. The summed E-state index contributed by atoms with van der Waals surface area (Å²) in [6.45, 7) is 0.811. The predicted molar refractivity (Wildman–Crippen MR) is 62.3 cm³/mol. The summed E-state index contributed by atoms with van der Waals surface area (Å²) >= 11 is 0. The van der Waals surface area contributed by atoms with E-state index in [1.807, 2.05) is 0 Å². The monoisotopic (exact) mass is 270 g/mol. The van der Waals surface area contributed by atoms with E-state index in [4.69, 9.17) is 0 Å². The van der Waals surface area contributed by atoms with Gasteiger partial charge in [-0.3, -0.25) is 4.79 Å². The average Bonchev–Trinajstić information content (AvgIpc) is 2.93. The summed E-state index contributed by atoms with van der Waals surface area (Å²) < 4.78 is 34.3. The van der Waals surface area contributed by atoms with Crippen LogP contribution >= 0.6 is 0 Å². The molecule has 1 amide bonds. The Balaban J connectivity index is 1.71. The molecular weight excluding hydrogens is 258 g/mol. The zero-order valence-electron chi connectivity index (χ0n) is 9.91. The number of fused-ring (bicyclic) bond motifs is 1. The smallest absolute Gasteiger partial charge is 0.395 e. The van der Waals surface area contributed by atoms with E-state index in [1.165, 1.54) is 18.2 Å². The van der Waals surface area contributed by atoms with Gasteiger partial charge in [0, 0.05) is 11.8 Å². The minimum absolute atomic E-state index is 0.0398. The third-order valence-corrected chi connectivity index (χ3v) is 3.05. The molecule has 7 heteroatoms. The van der Waals surface area contributed by atoms with Gasteiger partial charge >= 0.3 is 6.29 Å². The van der Waals surface area contributed by atoms with Gasteiger partial charge in [0.25, 0.3) is 0 Å². The highest BCUT2D eigenvalue weighted by Gasteiger charge is 2.43. The maximum Gasteiger partial charge on any atom is 0.586 e. The van der Waals surface area contributed by atoms with Crippen LogP contribution in [-0.2, 0) is 4.79 Å². The minimum Gasteiger partial charge on any atom is -0.395 e. The highest BCUT2D eigenvalue weighted by Crippen LogP contribution is 2.42. The predicted octanol–water partition coefficient (Wildman–Crippen LogP) is 1.70. The van der Waals surface area contributed by atoms with Crippen molar-refractivity contribution in [2.24, 2.45) is 0 Å². The van der Waals surface area contributed by atoms with E-state index in [2.05, 4.69) is 20.1 Å². The van der Waals surface area contributed by atoms with E-state index < -0.39 is 6.29 Å². The zero-order chi connectivity index (χ0) is 13.5. The summed E-state index contributed by atoms with van der Waals surface area (Å²) in [5.74, 6) is -0.299. The topological polar surface area (TPSA) is 59.6 Å². The number of hydrogen-bond acceptors (Lipinski definition) is 4. The molecule has 0 bridgehead atoms.